The maximum Gasteiger partial charge on any atom is 0.280 e. The molecule has 100 valence electrons. The second-order valence-corrected chi connectivity index (χ2v) is 4.29. The third-order valence-corrected chi connectivity index (χ3v) is 2.89. The van der Waals surface area contributed by atoms with E-state index in [0.29, 0.717) is 0 Å². The van der Waals surface area contributed by atoms with E-state index in [4.69, 9.17) is 5.73 Å². The zero-order chi connectivity index (χ0) is 14.1. The first-order valence-electron chi connectivity index (χ1n) is 5.95. The first kappa shape index (κ1) is 12.1. The molecule has 0 aliphatic rings. The average Bonchev–Trinajstić information content (AvgIpc) is 2.84. The van der Waals surface area contributed by atoms with Crippen LogP contribution in [0.2, 0.25) is 0 Å². The number of nitrogens with two attached hydrogens (primary N) is 1. The molecule has 20 heavy (non-hydrogen) atoms. The molecule has 2 heterocycles. The van der Waals surface area contributed by atoms with E-state index < -0.39 is 5.56 Å². The summed E-state index contributed by atoms with van der Waals surface area (Å²) in [6.45, 7) is 0. The number of rotatable bonds is 2. The van der Waals surface area contributed by atoms with Crippen molar-refractivity contribution in [2.75, 3.05) is 5.73 Å². The van der Waals surface area contributed by atoms with E-state index >= 15 is 0 Å². The molecule has 7 heteroatoms. The molecule has 0 saturated carbocycles. The van der Waals surface area contributed by atoms with E-state index in [1.165, 1.54) is 10.9 Å². The molecule has 0 radical (unpaired) electrons. The lowest BCUT2D eigenvalue weighted by Crippen LogP contribution is -2.16. The number of hydrogen-bond acceptors (Lipinski definition) is 5. The zero-order valence-electron chi connectivity index (χ0n) is 10.4. The maximum absolute atomic E-state index is 12.2. The monoisotopic (exact) mass is 269 g/mol. The summed E-state index contributed by atoms with van der Waals surface area (Å²) in [6.07, 6.45) is 1.48. The van der Waals surface area contributed by atoms with Gasteiger partial charge in [-0.3, -0.25) is 19.1 Å². The summed E-state index contributed by atoms with van der Waals surface area (Å²) in [7, 11) is 0. The molecular formula is C13H11N5O2. The number of imidazole rings is 1. The van der Waals surface area contributed by atoms with Crippen molar-refractivity contribution in [2.45, 2.75) is 6.42 Å². The number of H-pyrrole nitrogens is 1. The quantitative estimate of drug-likeness (QED) is 0.707. The van der Waals surface area contributed by atoms with Crippen LogP contribution in [0.25, 0.3) is 11.2 Å². The van der Waals surface area contributed by atoms with Gasteiger partial charge >= 0.3 is 0 Å². The van der Waals surface area contributed by atoms with Crippen molar-refractivity contribution < 1.29 is 4.79 Å². The van der Waals surface area contributed by atoms with Gasteiger partial charge in [0, 0.05) is 0 Å². The van der Waals surface area contributed by atoms with Gasteiger partial charge in [0.25, 0.3) is 5.56 Å². The molecular weight excluding hydrogens is 258 g/mol. The van der Waals surface area contributed by atoms with Gasteiger partial charge in [0.2, 0.25) is 11.9 Å². The fraction of sp³-hybridized carbons (Fsp3) is 0.0769. The van der Waals surface area contributed by atoms with Crippen LogP contribution >= 0.6 is 0 Å². The first-order chi connectivity index (χ1) is 9.65. The molecule has 1 aromatic carbocycles. The average molecular weight is 269 g/mol. The highest BCUT2D eigenvalue weighted by Crippen LogP contribution is 2.09. The van der Waals surface area contributed by atoms with E-state index in [9.17, 15) is 9.59 Å². The minimum Gasteiger partial charge on any atom is -0.369 e. The fourth-order valence-electron chi connectivity index (χ4n) is 1.96. The Morgan fingerprint density at radius 3 is 2.80 bits per heavy atom. The van der Waals surface area contributed by atoms with Crippen LogP contribution in [-0.2, 0) is 6.42 Å². The summed E-state index contributed by atoms with van der Waals surface area (Å²) in [5.74, 6) is -0.270. The van der Waals surface area contributed by atoms with Gasteiger partial charge in [0.05, 0.1) is 6.42 Å². The molecule has 0 unspecified atom stereocenters. The second-order valence-electron chi connectivity index (χ2n) is 4.29. The van der Waals surface area contributed by atoms with Crippen LogP contribution in [0.3, 0.4) is 0 Å². The predicted molar refractivity (Wildman–Crippen MR) is 73.3 cm³/mol. The van der Waals surface area contributed by atoms with Gasteiger partial charge in [-0.2, -0.15) is 4.98 Å². The number of carbonyl (C=O) groups is 1. The number of fused-ring (bicyclic) bond motifs is 1. The number of carbonyl (C=O) groups excluding carboxylic acids is 1. The second kappa shape index (κ2) is 4.61. The summed E-state index contributed by atoms with van der Waals surface area (Å²) in [5, 5.41) is 0. The Kier molecular flexibility index (Phi) is 2.79. The molecule has 3 N–H and O–H groups in total. The molecule has 7 nitrogen and oxygen atoms in total. The first-order valence-corrected chi connectivity index (χ1v) is 5.95. The Labute approximate surface area is 113 Å². The number of aromatic amines is 1. The Balaban J connectivity index is 2.02. The van der Waals surface area contributed by atoms with Gasteiger partial charge in [0.15, 0.2) is 11.2 Å². The van der Waals surface area contributed by atoms with Crippen molar-refractivity contribution in [1.29, 1.82) is 0 Å². The van der Waals surface area contributed by atoms with Crippen LogP contribution < -0.4 is 11.3 Å². The van der Waals surface area contributed by atoms with E-state index in [0.717, 1.165) is 5.56 Å². The molecule has 0 amide bonds. The lowest BCUT2D eigenvalue weighted by Gasteiger charge is -2.03. The van der Waals surface area contributed by atoms with E-state index in [-0.39, 0.29) is 29.4 Å². The Morgan fingerprint density at radius 1 is 1.30 bits per heavy atom. The van der Waals surface area contributed by atoms with Crippen molar-refractivity contribution >= 4 is 23.0 Å². The normalized spacial score (nSPS) is 10.8. The lowest BCUT2D eigenvalue weighted by atomic mass is 10.1. The Hall–Kier alpha value is -2.96. The fourth-order valence-corrected chi connectivity index (χ4v) is 1.96. The Bertz CT molecular complexity index is 835. The van der Waals surface area contributed by atoms with Gasteiger partial charge < -0.3 is 5.73 Å². The number of aromatic nitrogens is 4. The predicted octanol–water partition coefficient (Wildman–Crippen LogP) is 0.585. The maximum atomic E-state index is 12.2. The molecule has 3 aromatic rings. The zero-order valence-corrected chi connectivity index (χ0v) is 10.4. The van der Waals surface area contributed by atoms with E-state index in [1.54, 1.807) is 0 Å². The van der Waals surface area contributed by atoms with Crippen LogP contribution in [0, 0.1) is 0 Å². The topological polar surface area (TPSA) is 107 Å². The molecule has 0 saturated heterocycles. The number of nitrogens with zero attached hydrogens (tertiary/aromatic N) is 3. The van der Waals surface area contributed by atoms with Gasteiger partial charge in [-0.25, -0.2) is 4.98 Å². The van der Waals surface area contributed by atoms with Crippen LogP contribution in [0.15, 0.2) is 41.5 Å². The summed E-state index contributed by atoms with van der Waals surface area (Å²) in [4.78, 5) is 34.1. The molecule has 0 fully saturated rings. The van der Waals surface area contributed by atoms with Crippen molar-refractivity contribution in [1.82, 2.24) is 19.5 Å². The molecule has 3 rings (SSSR count). The van der Waals surface area contributed by atoms with Crippen LogP contribution in [-0.4, -0.2) is 25.4 Å². The van der Waals surface area contributed by atoms with Crippen molar-refractivity contribution in [2.24, 2.45) is 0 Å². The molecule has 0 aliphatic heterocycles. The third-order valence-electron chi connectivity index (χ3n) is 2.89. The molecule has 2 aromatic heterocycles. The highest BCUT2D eigenvalue weighted by molar-refractivity contribution is 5.89. The standard InChI is InChI=1S/C13H11N5O2/c14-13-16-11-10(12(20)17-13)15-7-18(11)9(19)6-8-4-2-1-3-5-8/h1-5,7H,6H2,(H3,14,16,17,20). The minimum atomic E-state index is -0.459. The van der Waals surface area contributed by atoms with Gasteiger partial charge in [-0.05, 0) is 5.56 Å². The van der Waals surface area contributed by atoms with Gasteiger partial charge in [0.1, 0.15) is 6.33 Å². The molecule has 0 spiro atoms. The number of hydrogen-bond donors (Lipinski definition) is 2. The van der Waals surface area contributed by atoms with Crippen molar-refractivity contribution in [3.05, 3.63) is 52.6 Å². The lowest BCUT2D eigenvalue weighted by molar-refractivity contribution is 0.0918. The summed E-state index contributed by atoms with van der Waals surface area (Å²) in [5.41, 5.74) is 6.17. The van der Waals surface area contributed by atoms with Crippen molar-refractivity contribution in [3.63, 3.8) is 0 Å². The smallest absolute Gasteiger partial charge is 0.280 e. The largest absolute Gasteiger partial charge is 0.369 e. The molecule has 0 bridgehead atoms. The SMILES string of the molecule is Nc1nc2c(ncn2C(=O)Cc2ccccc2)c(=O)[nH]1. The Morgan fingerprint density at radius 2 is 2.05 bits per heavy atom. The van der Waals surface area contributed by atoms with Gasteiger partial charge in [-0.15, -0.1) is 0 Å². The number of nitrogens with one attached hydrogen (secondary N) is 1. The number of benzene rings is 1. The van der Waals surface area contributed by atoms with Crippen LogP contribution in [0.4, 0.5) is 5.95 Å². The summed E-state index contributed by atoms with van der Waals surface area (Å²) in [6, 6.07) is 9.30. The van der Waals surface area contributed by atoms with E-state index in [2.05, 4.69) is 15.0 Å². The van der Waals surface area contributed by atoms with Gasteiger partial charge in [-0.1, -0.05) is 30.3 Å². The molecule has 0 atom stereocenters. The number of nitrogen functional groups attached to an aromatic ring is 1. The summed E-state index contributed by atoms with van der Waals surface area (Å²) >= 11 is 0. The van der Waals surface area contributed by atoms with Crippen molar-refractivity contribution in [3.8, 4) is 0 Å². The third kappa shape index (κ3) is 2.05. The summed E-state index contributed by atoms with van der Waals surface area (Å²) < 4.78 is 1.24. The van der Waals surface area contributed by atoms with Crippen LogP contribution in [0.5, 0.6) is 0 Å². The highest BCUT2D eigenvalue weighted by atomic mass is 16.2. The number of anilines is 1. The van der Waals surface area contributed by atoms with E-state index in [1.807, 2.05) is 30.3 Å². The minimum absolute atomic E-state index is 0.0447. The highest BCUT2D eigenvalue weighted by Gasteiger charge is 2.14. The molecule has 0 aliphatic carbocycles. The van der Waals surface area contributed by atoms with Crippen LogP contribution in [0.1, 0.15) is 10.4 Å².